The van der Waals surface area contributed by atoms with Gasteiger partial charge in [-0.15, -0.1) is 22.7 Å². The van der Waals surface area contributed by atoms with Gasteiger partial charge in [0.15, 0.2) is 0 Å². The smallest absolute Gasteiger partial charge is 0.0540 e. The lowest BCUT2D eigenvalue weighted by atomic mass is 9.85. The molecule has 0 amide bonds. The van der Waals surface area contributed by atoms with E-state index in [1.807, 2.05) is 22.7 Å². The molecule has 15 rings (SSSR count). The Hall–Kier alpha value is -8.14. The normalized spacial score (nSPS) is 12.1. The van der Waals surface area contributed by atoms with E-state index in [0.29, 0.717) is 0 Å². The van der Waals surface area contributed by atoms with Crippen molar-refractivity contribution >= 4 is 128 Å². The lowest BCUT2D eigenvalue weighted by Crippen LogP contribution is -1.90. The van der Waals surface area contributed by atoms with Gasteiger partial charge in [-0.1, -0.05) is 212 Å². The predicted molar refractivity (Wildman–Crippen MR) is 299 cm³/mol. The average molecular weight is 895 g/mol. The van der Waals surface area contributed by atoms with Crippen LogP contribution in [0.4, 0.5) is 0 Å². The second kappa shape index (κ2) is 14.7. The van der Waals surface area contributed by atoms with Crippen molar-refractivity contribution in [3.05, 3.63) is 231 Å². The fourth-order valence-electron chi connectivity index (χ4n) is 11.7. The van der Waals surface area contributed by atoms with Gasteiger partial charge in [-0.05, 0) is 127 Å². The Morgan fingerprint density at radius 1 is 0.206 bits per heavy atom. The predicted octanol–water partition coefficient (Wildman–Crippen LogP) is 20.0. The zero-order valence-electron chi connectivity index (χ0n) is 36.8. The monoisotopic (exact) mass is 894 g/mol. The maximum Gasteiger partial charge on any atom is 0.0540 e. The largest absolute Gasteiger partial charge is 0.134 e. The Morgan fingerprint density at radius 2 is 0.529 bits per heavy atom. The van der Waals surface area contributed by atoms with Crippen molar-refractivity contribution in [2.75, 3.05) is 0 Å². The molecule has 2 heterocycles. The van der Waals surface area contributed by atoms with Gasteiger partial charge in [0.05, 0.1) is 9.40 Å². The molecule has 0 aliphatic heterocycles. The van der Waals surface area contributed by atoms with Crippen LogP contribution in [-0.2, 0) is 0 Å². The Labute approximate surface area is 400 Å². The second-order valence-electron chi connectivity index (χ2n) is 18.2. The summed E-state index contributed by atoms with van der Waals surface area (Å²) in [5.41, 5.74) is 10.2. The van der Waals surface area contributed by atoms with E-state index >= 15 is 0 Å². The van der Waals surface area contributed by atoms with E-state index in [1.165, 1.54) is 149 Å². The van der Waals surface area contributed by atoms with E-state index in [-0.39, 0.29) is 0 Å². The number of fused-ring (bicyclic) bond motifs is 15. The lowest BCUT2D eigenvalue weighted by molar-refractivity contribution is 1.66. The lowest BCUT2D eigenvalue weighted by Gasteiger charge is -2.18. The zero-order valence-corrected chi connectivity index (χ0v) is 38.4. The van der Waals surface area contributed by atoms with Crippen molar-refractivity contribution in [1.29, 1.82) is 0 Å². The summed E-state index contributed by atoms with van der Waals surface area (Å²) in [5, 5.41) is 20.8. The molecule has 15 aromatic rings. The number of thiophene rings is 2. The maximum atomic E-state index is 2.48. The molecule has 0 saturated heterocycles. The van der Waals surface area contributed by atoms with Crippen LogP contribution < -0.4 is 0 Å². The highest BCUT2D eigenvalue weighted by Gasteiger charge is 2.23. The van der Waals surface area contributed by atoms with Gasteiger partial charge in [-0.3, -0.25) is 0 Å². The molecular formula is C66H38S2. The van der Waals surface area contributed by atoms with Gasteiger partial charge in [-0.2, -0.15) is 0 Å². The van der Waals surface area contributed by atoms with E-state index < -0.39 is 0 Å². The van der Waals surface area contributed by atoms with Gasteiger partial charge >= 0.3 is 0 Å². The first-order valence-corrected chi connectivity index (χ1v) is 25.0. The average Bonchev–Trinajstić information content (AvgIpc) is 3.98. The Kier molecular flexibility index (Phi) is 8.21. The molecule has 2 aromatic heterocycles. The van der Waals surface area contributed by atoms with Gasteiger partial charge in [0.25, 0.3) is 0 Å². The van der Waals surface area contributed by atoms with E-state index in [1.54, 1.807) is 0 Å². The van der Waals surface area contributed by atoms with Gasteiger partial charge in [0.1, 0.15) is 0 Å². The maximum absolute atomic E-state index is 2.48. The minimum Gasteiger partial charge on any atom is -0.134 e. The fourth-order valence-corrected chi connectivity index (χ4v) is 14.4. The first kappa shape index (κ1) is 38.0. The molecule has 0 unspecified atom stereocenters. The Morgan fingerprint density at radius 3 is 0.956 bits per heavy atom. The van der Waals surface area contributed by atoms with Crippen LogP contribution in [0.5, 0.6) is 0 Å². The third-order valence-corrected chi connectivity index (χ3v) is 17.1. The fraction of sp³-hybridized carbons (Fsp3) is 0. The van der Waals surface area contributed by atoms with Crippen molar-refractivity contribution in [2.24, 2.45) is 0 Å². The van der Waals surface area contributed by atoms with Crippen LogP contribution in [0.25, 0.3) is 149 Å². The Balaban J connectivity index is 0.953. The van der Waals surface area contributed by atoms with Crippen molar-refractivity contribution < 1.29 is 0 Å². The first-order chi connectivity index (χ1) is 33.7. The van der Waals surface area contributed by atoms with Crippen molar-refractivity contribution in [2.45, 2.75) is 0 Å². The standard InChI is InChI=1S/C66H38S2/c1-2-17-40(18-3-1)59-45-20-6-8-22-47(45)61(48-23-9-7-21-46(48)59)43-32-34-55-57(37-43)67-65-63(55)53-28-14-15-29-54(53)64-56-35-33-44(38-58(56)68-66(64)65)62-51-26-12-10-24-49(51)60(50-25-11-13-27-52(50)62)42-31-30-39-16-4-5-19-41(39)36-42/h1-38H. The van der Waals surface area contributed by atoms with Crippen molar-refractivity contribution in [3.8, 4) is 44.5 Å². The summed E-state index contributed by atoms with van der Waals surface area (Å²) in [6.45, 7) is 0. The first-order valence-electron chi connectivity index (χ1n) is 23.4. The van der Waals surface area contributed by atoms with Gasteiger partial charge in [0, 0.05) is 30.9 Å². The Bertz CT molecular complexity index is 4490. The van der Waals surface area contributed by atoms with Crippen LogP contribution in [0, 0.1) is 0 Å². The summed E-state index contributed by atoms with van der Waals surface area (Å²) < 4.78 is 5.38. The van der Waals surface area contributed by atoms with E-state index in [9.17, 15) is 0 Å². The van der Waals surface area contributed by atoms with E-state index in [4.69, 9.17) is 0 Å². The molecule has 0 atom stereocenters. The van der Waals surface area contributed by atoms with Crippen LogP contribution in [0.2, 0.25) is 0 Å². The molecule has 68 heavy (non-hydrogen) atoms. The molecule has 0 saturated carbocycles. The molecule has 0 nitrogen and oxygen atoms in total. The summed E-state index contributed by atoms with van der Waals surface area (Å²) in [6, 6.07) is 86.1. The zero-order chi connectivity index (χ0) is 44.5. The summed E-state index contributed by atoms with van der Waals surface area (Å²) >= 11 is 3.91. The molecule has 0 bridgehead atoms. The molecule has 0 fully saturated rings. The van der Waals surface area contributed by atoms with Gasteiger partial charge in [0.2, 0.25) is 0 Å². The van der Waals surface area contributed by atoms with Crippen LogP contribution in [-0.4, -0.2) is 0 Å². The molecule has 2 heteroatoms. The quantitative estimate of drug-likeness (QED) is 0.154. The van der Waals surface area contributed by atoms with Crippen LogP contribution in [0.15, 0.2) is 231 Å². The third-order valence-electron chi connectivity index (χ3n) is 14.6. The molecule has 13 aromatic carbocycles. The minimum absolute atomic E-state index is 1.24. The van der Waals surface area contributed by atoms with Gasteiger partial charge in [-0.25, -0.2) is 0 Å². The number of hydrogen-bond acceptors (Lipinski definition) is 2. The molecule has 0 aliphatic rings. The molecule has 0 aliphatic carbocycles. The van der Waals surface area contributed by atoms with Crippen LogP contribution in [0.1, 0.15) is 0 Å². The van der Waals surface area contributed by atoms with E-state index in [0.717, 1.165) is 0 Å². The highest BCUT2D eigenvalue weighted by atomic mass is 32.1. The third kappa shape index (κ3) is 5.47. The summed E-state index contributed by atoms with van der Waals surface area (Å²) in [5.74, 6) is 0. The van der Waals surface area contributed by atoms with Gasteiger partial charge < -0.3 is 0 Å². The van der Waals surface area contributed by atoms with Crippen LogP contribution in [0.3, 0.4) is 0 Å². The molecule has 0 N–H and O–H groups in total. The molecular weight excluding hydrogens is 857 g/mol. The molecule has 0 radical (unpaired) electrons. The summed E-state index contributed by atoms with van der Waals surface area (Å²) in [6.07, 6.45) is 0. The molecule has 0 spiro atoms. The minimum atomic E-state index is 1.24. The second-order valence-corrected chi connectivity index (χ2v) is 20.3. The van der Waals surface area contributed by atoms with Crippen LogP contribution >= 0.6 is 22.7 Å². The topological polar surface area (TPSA) is 0 Å². The number of hydrogen-bond donors (Lipinski definition) is 0. The molecule has 314 valence electrons. The highest BCUT2D eigenvalue weighted by molar-refractivity contribution is 7.33. The highest BCUT2D eigenvalue weighted by Crippen LogP contribution is 2.52. The van der Waals surface area contributed by atoms with E-state index in [2.05, 4.69) is 231 Å². The summed E-state index contributed by atoms with van der Waals surface area (Å²) in [7, 11) is 0. The summed E-state index contributed by atoms with van der Waals surface area (Å²) in [4.78, 5) is 0. The van der Waals surface area contributed by atoms with Crippen molar-refractivity contribution in [1.82, 2.24) is 0 Å². The number of benzene rings is 13. The van der Waals surface area contributed by atoms with Crippen molar-refractivity contribution in [3.63, 3.8) is 0 Å². The SMILES string of the molecule is c1ccc(-c2c3ccccc3c(-c3ccc4c(c3)sc3c5sc6cc(-c7c8ccccc8c(-c8ccc9ccccc9c8)c8ccccc78)ccc6c5c5ccccc5c43)c3ccccc23)cc1. The number of rotatable bonds is 4.